The molecule has 0 bridgehead atoms. The van der Waals surface area contributed by atoms with E-state index in [0.29, 0.717) is 17.4 Å². The molecule has 0 spiro atoms. The Kier molecular flexibility index (Phi) is 10.5. The number of nitrogens with zero attached hydrogens (tertiary/aromatic N) is 1. The maximum atomic E-state index is 9.55. The first kappa shape index (κ1) is 25.3. The van der Waals surface area contributed by atoms with E-state index in [4.69, 9.17) is 21.8 Å². The number of carboxylic acids is 2. The van der Waals surface area contributed by atoms with Crippen LogP contribution in [0.4, 0.5) is 0 Å². The smallest absolute Gasteiger partial charge is 0.328 e. The zero-order valence-corrected chi connectivity index (χ0v) is 19.8. The molecule has 0 amide bonds. The van der Waals surface area contributed by atoms with Crippen LogP contribution in [0.1, 0.15) is 22.8 Å². The highest BCUT2D eigenvalue weighted by Gasteiger charge is 2.22. The molecule has 166 valence electrons. The van der Waals surface area contributed by atoms with Gasteiger partial charge in [-0.05, 0) is 74.6 Å². The summed E-state index contributed by atoms with van der Waals surface area (Å²) in [7, 11) is 4.28. The van der Waals surface area contributed by atoms with Crippen LogP contribution in [0.3, 0.4) is 0 Å². The van der Waals surface area contributed by atoms with E-state index in [9.17, 15) is 9.59 Å². The van der Waals surface area contributed by atoms with Gasteiger partial charge in [0.15, 0.2) is 0 Å². The molecule has 2 aromatic carbocycles. The zero-order valence-electron chi connectivity index (χ0n) is 17.5. The predicted molar refractivity (Wildman–Crippen MR) is 129 cm³/mol. The second kappa shape index (κ2) is 12.8. The van der Waals surface area contributed by atoms with Crippen molar-refractivity contribution in [2.45, 2.75) is 27.9 Å². The standard InChI is InChI=1S/C19H22ClNS2.C4H4O4/c1-21(2)10-5-11-22-19-13-14-12-15(20)8-9-17(14)23-18-7-4-3-6-16(18)19;5-3(6)1-2-4(7)8/h3-4,6-9,12,19H,5,10-11,13H2,1-2H3;1-2H,(H,5,6)(H,7,8). The highest BCUT2D eigenvalue weighted by atomic mass is 35.5. The fraction of sp³-hybridized carbons (Fsp3) is 0.304. The van der Waals surface area contributed by atoms with Gasteiger partial charge >= 0.3 is 11.9 Å². The second-order valence-electron chi connectivity index (χ2n) is 7.12. The number of carbonyl (C=O) groups is 2. The minimum Gasteiger partial charge on any atom is -0.478 e. The largest absolute Gasteiger partial charge is 0.478 e. The topological polar surface area (TPSA) is 77.8 Å². The van der Waals surface area contributed by atoms with E-state index in [1.807, 2.05) is 17.8 Å². The van der Waals surface area contributed by atoms with E-state index in [2.05, 4.69) is 67.2 Å². The molecule has 2 N–H and O–H groups in total. The third-order valence-corrected chi connectivity index (χ3v) is 7.14. The highest BCUT2D eigenvalue weighted by molar-refractivity contribution is 8.00. The van der Waals surface area contributed by atoms with Gasteiger partial charge in [-0.15, -0.1) is 0 Å². The van der Waals surface area contributed by atoms with Crippen LogP contribution in [0.5, 0.6) is 0 Å². The zero-order chi connectivity index (χ0) is 22.8. The van der Waals surface area contributed by atoms with Gasteiger partial charge < -0.3 is 15.1 Å². The van der Waals surface area contributed by atoms with Gasteiger partial charge in [0.25, 0.3) is 0 Å². The van der Waals surface area contributed by atoms with Crippen molar-refractivity contribution in [1.29, 1.82) is 0 Å². The van der Waals surface area contributed by atoms with Gasteiger partial charge in [-0.2, -0.15) is 11.8 Å². The number of benzene rings is 2. The molecular weight excluding hydrogens is 454 g/mol. The van der Waals surface area contributed by atoms with E-state index < -0.39 is 11.9 Å². The number of hydrogen-bond donors (Lipinski definition) is 2. The summed E-state index contributed by atoms with van der Waals surface area (Å²) in [5, 5.41) is 17.0. The number of halogens is 1. The van der Waals surface area contributed by atoms with Crippen LogP contribution in [0, 0.1) is 0 Å². The fourth-order valence-electron chi connectivity index (χ4n) is 2.97. The number of hydrogen-bond acceptors (Lipinski definition) is 5. The van der Waals surface area contributed by atoms with E-state index in [0.717, 1.165) is 18.0 Å². The number of rotatable bonds is 7. The molecule has 0 aliphatic carbocycles. The van der Waals surface area contributed by atoms with Crippen molar-refractivity contribution in [3.05, 3.63) is 70.8 Å². The molecular formula is C23H26ClNO4S2. The summed E-state index contributed by atoms with van der Waals surface area (Å²) >= 11 is 10.2. The van der Waals surface area contributed by atoms with Crippen LogP contribution in [-0.4, -0.2) is 53.4 Å². The number of aliphatic carboxylic acids is 2. The van der Waals surface area contributed by atoms with Crippen molar-refractivity contribution < 1.29 is 19.8 Å². The van der Waals surface area contributed by atoms with Crippen molar-refractivity contribution >= 4 is 47.1 Å². The summed E-state index contributed by atoms with van der Waals surface area (Å²) in [5.41, 5.74) is 2.85. The van der Waals surface area contributed by atoms with Gasteiger partial charge in [0.05, 0.1) is 0 Å². The molecule has 0 radical (unpaired) electrons. The summed E-state index contributed by atoms with van der Waals surface area (Å²) in [5.74, 6) is -1.32. The Balaban J connectivity index is 0.000000366. The first-order valence-electron chi connectivity index (χ1n) is 9.71. The van der Waals surface area contributed by atoms with Crippen molar-refractivity contribution in [3.63, 3.8) is 0 Å². The molecule has 31 heavy (non-hydrogen) atoms. The molecule has 1 heterocycles. The van der Waals surface area contributed by atoms with Gasteiger partial charge in [-0.3, -0.25) is 0 Å². The Hall–Kier alpha value is -1.93. The third kappa shape index (κ3) is 8.99. The minimum atomic E-state index is -1.26. The van der Waals surface area contributed by atoms with Gasteiger partial charge in [0, 0.05) is 32.2 Å². The Morgan fingerprint density at radius 2 is 1.81 bits per heavy atom. The van der Waals surface area contributed by atoms with Crippen LogP contribution in [-0.2, 0) is 16.0 Å². The maximum Gasteiger partial charge on any atom is 0.328 e. The Labute approximate surface area is 196 Å². The van der Waals surface area contributed by atoms with Crippen molar-refractivity contribution in [2.24, 2.45) is 0 Å². The fourth-order valence-corrected chi connectivity index (χ4v) is 5.63. The quantitative estimate of drug-likeness (QED) is 0.401. The normalized spacial score (nSPS) is 14.9. The van der Waals surface area contributed by atoms with E-state index in [1.165, 1.54) is 33.1 Å². The Morgan fingerprint density at radius 1 is 1.13 bits per heavy atom. The van der Waals surface area contributed by atoms with E-state index in [-0.39, 0.29) is 0 Å². The minimum absolute atomic E-state index is 0.514. The van der Waals surface area contributed by atoms with E-state index >= 15 is 0 Å². The second-order valence-corrected chi connectivity index (χ2v) is 9.95. The van der Waals surface area contributed by atoms with Gasteiger partial charge in [0.1, 0.15) is 0 Å². The SMILES string of the molecule is CN(C)CCCSC1Cc2cc(Cl)ccc2Sc2ccccc21.O=C(O)C=CC(=O)O. The summed E-state index contributed by atoms with van der Waals surface area (Å²) in [6.45, 7) is 1.15. The molecule has 1 aliphatic heterocycles. The molecule has 3 rings (SSSR count). The van der Waals surface area contributed by atoms with Crippen LogP contribution in [0.2, 0.25) is 5.02 Å². The lowest BCUT2D eigenvalue weighted by atomic mass is 10.0. The molecule has 1 unspecified atom stereocenters. The predicted octanol–water partition coefficient (Wildman–Crippen LogP) is 5.49. The van der Waals surface area contributed by atoms with Gasteiger partial charge in [-0.25, -0.2) is 9.59 Å². The lowest BCUT2D eigenvalue weighted by Crippen LogP contribution is -2.13. The summed E-state index contributed by atoms with van der Waals surface area (Å²) in [4.78, 5) is 24.1. The lowest BCUT2D eigenvalue weighted by Gasteiger charge is -2.18. The molecule has 5 nitrogen and oxygen atoms in total. The summed E-state index contributed by atoms with van der Waals surface area (Å²) in [6.07, 6.45) is 3.41. The molecule has 0 aromatic heterocycles. The third-order valence-electron chi connectivity index (χ3n) is 4.35. The van der Waals surface area contributed by atoms with E-state index in [1.54, 1.807) is 0 Å². The molecule has 2 aromatic rings. The van der Waals surface area contributed by atoms with Crippen LogP contribution < -0.4 is 0 Å². The maximum absolute atomic E-state index is 9.55. The average molecular weight is 480 g/mol. The first-order chi connectivity index (χ1) is 14.8. The Morgan fingerprint density at radius 3 is 2.45 bits per heavy atom. The van der Waals surface area contributed by atoms with Gasteiger partial charge in [-0.1, -0.05) is 41.6 Å². The van der Waals surface area contributed by atoms with Crippen LogP contribution >= 0.6 is 35.1 Å². The molecule has 0 saturated carbocycles. The average Bonchev–Trinajstić information content (AvgIpc) is 2.86. The molecule has 8 heteroatoms. The van der Waals surface area contributed by atoms with Crippen molar-refractivity contribution in [2.75, 3.05) is 26.4 Å². The van der Waals surface area contributed by atoms with Crippen molar-refractivity contribution in [1.82, 2.24) is 4.90 Å². The summed E-state index contributed by atoms with van der Waals surface area (Å²) < 4.78 is 0. The molecule has 1 atom stereocenters. The lowest BCUT2D eigenvalue weighted by molar-refractivity contribution is -0.134. The highest BCUT2D eigenvalue weighted by Crippen LogP contribution is 2.46. The van der Waals surface area contributed by atoms with Crippen molar-refractivity contribution in [3.8, 4) is 0 Å². The number of thioether (sulfide) groups is 1. The first-order valence-corrected chi connectivity index (χ1v) is 12.0. The Bertz CT molecular complexity index is 918. The number of carboxylic acid groups (broad SMARTS) is 2. The molecule has 0 fully saturated rings. The molecule has 1 aliphatic rings. The molecule has 0 saturated heterocycles. The van der Waals surface area contributed by atoms with Gasteiger partial charge in [0.2, 0.25) is 0 Å². The number of fused-ring (bicyclic) bond motifs is 2. The van der Waals surface area contributed by atoms with Crippen LogP contribution in [0.15, 0.2) is 64.4 Å². The summed E-state index contributed by atoms with van der Waals surface area (Å²) in [6, 6.07) is 15.1. The monoisotopic (exact) mass is 479 g/mol. The van der Waals surface area contributed by atoms with Crippen LogP contribution in [0.25, 0.3) is 0 Å².